The Labute approximate surface area is 181 Å². The Balaban J connectivity index is 1.76. The molecular weight excluding hydrogens is 427 g/mol. The number of H-pyrrole nitrogens is 1. The zero-order valence-corrected chi connectivity index (χ0v) is 17.2. The summed E-state index contributed by atoms with van der Waals surface area (Å²) in [6.45, 7) is 0.107. The van der Waals surface area contributed by atoms with Crippen molar-refractivity contribution in [3.8, 4) is 11.5 Å². The molecule has 0 saturated carbocycles. The van der Waals surface area contributed by atoms with Gasteiger partial charge in [0.1, 0.15) is 17.7 Å². The number of halogens is 2. The molecule has 2 aromatic carbocycles. The minimum atomic E-state index is -0.886. The second-order valence-electron chi connectivity index (χ2n) is 7.40. The van der Waals surface area contributed by atoms with E-state index in [0.717, 1.165) is 10.9 Å². The summed E-state index contributed by atoms with van der Waals surface area (Å²) in [6.07, 6.45) is 0.220. The number of ether oxygens (including phenoxy) is 3. The van der Waals surface area contributed by atoms with E-state index in [-0.39, 0.29) is 24.9 Å². The van der Waals surface area contributed by atoms with Crippen molar-refractivity contribution < 1.29 is 28.2 Å². The van der Waals surface area contributed by atoms with Crippen LogP contribution in [0.25, 0.3) is 10.9 Å². The molecular formula is C22H18ClFN2O5. The van der Waals surface area contributed by atoms with Crippen LogP contribution >= 0.6 is 11.6 Å². The predicted molar refractivity (Wildman–Crippen MR) is 110 cm³/mol. The molecule has 7 nitrogen and oxygen atoms in total. The molecule has 1 aromatic heterocycles. The largest absolute Gasteiger partial charge is 0.467 e. The number of carbonyl (C=O) groups is 2. The van der Waals surface area contributed by atoms with E-state index in [4.69, 9.17) is 25.8 Å². The Morgan fingerprint density at radius 1 is 1.23 bits per heavy atom. The van der Waals surface area contributed by atoms with Gasteiger partial charge in [-0.3, -0.25) is 4.79 Å². The number of aromatic amines is 1. The van der Waals surface area contributed by atoms with Gasteiger partial charge in [0.25, 0.3) is 0 Å². The van der Waals surface area contributed by atoms with Gasteiger partial charge in [0, 0.05) is 23.0 Å². The molecule has 2 atom stereocenters. The Morgan fingerprint density at radius 2 is 2.03 bits per heavy atom. The Bertz CT molecular complexity index is 1210. The molecule has 160 valence electrons. The zero-order valence-electron chi connectivity index (χ0n) is 16.5. The third-order valence-corrected chi connectivity index (χ3v) is 6.00. The van der Waals surface area contributed by atoms with Gasteiger partial charge in [0.2, 0.25) is 12.7 Å². The summed E-state index contributed by atoms with van der Waals surface area (Å²) in [4.78, 5) is 30.4. The molecule has 5 rings (SSSR count). The summed E-state index contributed by atoms with van der Waals surface area (Å²) < 4.78 is 29.8. The SMILES string of the molecule is COC(=O)C1Cc2c([nH]c3cc(F)ccc23)C(c2ccc3c(c2)OCO3)N1C(=O)CCl. The molecule has 0 bridgehead atoms. The van der Waals surface area contributed by atoms with Crippen LogP contribution in [0.5, 0.6) is 11.5 Å². The van der Waals surface area contributed by atoms with Crippen molar-refractivity contribution in [1.82, 2.24) is 9.88 Å². The predicted octanol–water partition coefficient (Wildman–Crippen LogP) is 3.29. The van der Waals surface area contributed by atoms with Crippen LogP contribution in [0.3, 0.4) is 0 Å². The van der Waals surface area contributed by atoms with Crippen molar-refractivity contribution in [2.24, 2.45) is 0 Å². The molecule has 31 heavy (non-hydrogen) atoms. The summed E-state index contributed by atoms with van der Waals surface area (Å²) >= 11 is 5.92. The van der Waals surface area contributed by atoms with Gasteiger partial charge in [0.05, 0.1) is 13.2 Å². The minimum absolute atomic E-state index is 0.107. The lowest BCUT2D eigenvalue weighted by Crippen LogP contribution is -2.52. The molecule has 3 aromatic rings. The lowest BCUT2D eigenvalue weighted by molar-refractivity contribution is -0.154. The molecule has 1 amide bonds. The van der Waals surface area contributed by atoms with Crippen LogP contribution in [0.15, 0.2) is 36.4 Å². The average molecular weight is 445 g/mol. The van der Waals surface area contributed by atoms with Gasteiger partial charge in [-0.1, -0.05) is 6.07 Å². The smallest absolute Gasteiger partial charge is 0.328 e. The Hall–Kier alpha value is -3.26. The maximum atomic E-state index is 13.9. The summed E-state index contributed by atoms with van der Waals surface area (Å²) in [5, 5.41) is 0.786. The number of rotatable bonds is 3. The van der Waals surface area contributed by atoms with Crippen molar-refractivity contribution in [3.05, 3.63) is 59.0 Å². The number of carbonyl (C=O) groups excluding carboxylic acids is 2. The van der Waals surface area contributed by atoms with Crippen molar-refractivity contribution in [3.63, 3.8) is 0 Å². The molecule has 2 unspecified atom stereocenters. The third-order valence-electron chi connectivity index (χ3n) is 5.77. The number of nitrogens with zero attached hydrogens (tertiary/aromatic N) is 1. The first-order chi connectivity index (χ1) is 15.0. The molecule has 9 heteroatoms. The topological polar surface area (TPSA) is 80.9 Å². The first-order valence-corrected chi connectivity index (χ1v) is 10.2. The fraction of sp³-hybridized carbons (Fsp3) is 0.273. The number of fused-ring (bicyclic) bond motifs is 4. The normalized spacial score (nSPS) is 19.4. The molecule has 0 fully saturated rings. The number of hydrogen-bond acceptors (Lipinski definition) is 5. The maximum Gasteiger partial charge on any atom is 0.328 e. The summed E-state index contributed by atoms with van der Waals surface area (Å²) in [7, 11) is 1.28. The number of nitrogens with one attached hydrogen (secondary N) is 1. The summed E-state index contributed by atoms with van der Waals surface area (Å²) in [5.74, 6) is -0.526. The van der Waals surface area contributed by atoms with Gasteiger partial charge in [-0.15, -0.1) is 11.6 Å². The van der Waals surface area contributed by atoms with E-state index >= 15 is 0 Å². The number of esters is 1. The van der Waals surface area contributed by atoms with E-state index in [0.29, 0.717) is 28.3 Å². The second kappa shape index (κ2) is 7.46. The van der Waals surface area contributed by atoms with Gasteiger partial charge < -0.3 is 24.1 Å². The van der Waals surface area contributed by atoms with Gasteiger partial charge in [-0.25, -0.2) is 9.18 Å². The Morgan fingerprint density at radius 3 is 2.81 bits per heavy atom. The summed E-state index contributed by atoms with van der Waals surface area (Å²) in [5.41, 5.74) is 2.80. The average Bonchev–Trinajstić information content (AvgIpc) is 3.39. The Kier molecular flexibility index (Phi) is 4.74. The van der Waals surface area contributed by atoms with E-state index in [1.807, 2.05) is 6.07 Å². The van der Waals surface area contributed by atoms with E-state index in [2.05, 4.69) is 4.98 Å². The molecule has 2 aliphatic heterocycles. The van der Waals surface area contributed by atoms with Crippen LogP contribution in [0.2, 0.25) is 0 Å². The number of aromatic nitrogens is 1. The van der Waals surface area contributed by atoms with Crippen LogP contribution in [-0.2, 0) is 20.7 Å². The fourth-order valence-corrected chi connectivity index (χ4v) is 4.58. The minimum Gasteiger partial charge on any atom is -0.467 e. The van der Waals surface area contributed by atoms with Crippen LogP contribution in [0.4, 0.5) is 4.39 Å². The highest BCUT2D eigenvalue weighted by atomic mass is 35.5. The first-order valence-electron chi connectivity index (χ1n) is 9.66. The molecule has 0 radical (unpaired) electrons. The molecule has 1 N–H and O–H groups in total. The van der Waals surface area contributed by atoms with Crippen molar-refractivity contribution in [1.29, 1.82) is 0 Å². The highest BCUT2D eigenvalue weighted by Crippen LogP contribution is 2.44. The standard InChI is InChI=1S/C22H18ClFN2O5/c1-29-22(28)16-8-14-13-4-3-12(24)7-15(13)25-20(14)21(26(16)19(27)9-23)11-2-5-17-18(6-11)31-10-30-17/h2-7,16,21,25H,8-10H2,1H3. The number of methoxy groups -OCH3 is 1. The highest BCUT2D eigenvalue weighted by molar-refractivity contribution is 6.27. The summed E-state index contributed by atoms with van der Waals surface area (Å²) in [6, 6.07) is 8.21. The molecule has 0 aliphatic carbocycles. The van der Waals surface area contributed by atoms with E-state index in [9.17, 15) is 14.0 Å². The lowest BCUT2D eigenvalue weighted by Gasteiger charge is -2.40. The molecule has 2 aliphatic rings. The van der Waals surface area contributed by atoms with Crippen LogP contribution in [0.1, 0.15) is 22.9 Å². The highest BCUT2D eigenvalue weighted by Gasteiger charge is 2.44. The van der Waals surface area contributed by atoms with E-state index in [1.165, 1.54) is 24.1 Å². The van der Waals surface area contributed by atoms with E-state index in [1.54, 1.807) is 18.2 Å². The van der Waals surface area contributed by atoms with Crippen molar-refractivity contribution in [2.75, 3.05) is 19.8 Å². The number of alkyl halides is 1. The molecule has 0 saturated heterocycles. The molecule has 3 heterocycles. The number of amides is 1. The maximum absolute atomic E-state index is 13.9. The van der Waals surface area contributed by atoms with Gasteiger partial charge in [-0.05, 0) is 41.5 Å². The lowest BCUT2D eigenvalue weighted by atomic mass is 9.87. The van der Waals surface area contributed by atoms with Crippen LogP contribution in [0, 0.1) is 5.82 Å². The quantitative estimate of drug-likeness (QED) is 0.495. The van der Waals surface area contributed by atoms with Crippen molar-refractivity contribution in [2.45, 2.75) is 18.5 Å². The van der Waals surface area contributed by atoms with Crippen molar-refractivity contribution >= 4 is 34.4 Å². The number of benzene rings is 2. The van der Waals surface area contributed by atoms with Gasteiger partial charge >= 0.3 is 5.97 Å². The van der Waals surface area contributed by atoms with Crippen LogP contribution in [-0.4, -0.2) is 47.6 Å². The number of hydrogen-bond donors (Lipinski definition) is 1. The third kappa shape index (κ3) is 3.09. The van der Waals surface area contributed by atoms with Gasteiger partial charge in [0.15, 0.2) is 11.5 Å². The van der Waals surface area contributed by atoms with Crippen LogP contribution < -0.4 is 9.47 Å². The fourth-order valence-electron chi connectivity index (χ4n) is 4.44. The first kappa shape index (κ1) is 19.7. The zero-order chi connectivity index (χ0) is 21.7. The second-order valence-corrected chi connectivity index (χ2v) is 7.67. The monoisotopic (exact) mass is 444 g/mol. The molecule has 0 spiro atoms. The van der Waals surface area contributed by atoms with Gasteiger partial charge in [-0.2, -0.15) is 0 Å². The van der Waals surface area contributed by atoms with E-state index < -0.39 is 24.0 Å².